The van der Waals surface area contributed by atoms with Crippen molar-refractivity contribution in [2.75, 3.05) is 0 Å². The molecule has 0 spiro atoms. The van der Waals surface area contributed by atoms with Crippen molar-refractivity contribution < 1.29 is 40.4 Å². The van der Waals surface area contributed by atoms with Gasteiger partial charge in [-0.25, -0.2) is 0 Å². The van der Waals surface area contributed by atoms with Gasteiger partial charge in [0.25, 0.3) is 0 Å². The van der Waals surface area contributed by atoms with Gasteiger partial charge in [-0.3, -0.25) is 8.42 Å². The van der Waals surface area contributed by atoms with Crippen molar-refractivity contribution in [1.82, 2.24) is 0 Å². The van der Waals surface area contributed by atoms with Crippen molar-refractivity contribution in [3.63, 3.8) is 0 Å². The number of rotatable bonds is 0. The minimum atomic E-state index is -5.17. The fourth-order valence-corrected chi connectivity index (χ4v) is 0. The molecule has 42 valence electrons. The van der Waals surface area contributed by atoms with Gasteiger partial charge in [0.05, 0.1) is 0 Å². The molecule has 0 aromatic rings. The number of hydrogen-bond acceptors (Lipinski definition) is 4. The van der Waals surface area contributed by atoms with Crippen LogP contribution in [-0.2, 0) is 33.2 Å². The van der Waals surface area contributed by atoms with Gasteiger partial charge in [-0.15, -0.1) is 0 Å². The maximum absolute atomic E-state index is 8.52. The summed E-state index contributed by atoms with van der Waals surface area (Å²) in [5, 5.41) is 0. The van der Waals surface area contributed by atoms with E-state index in [2.05, 4.69) is 0 Å². The maximum atomic E-state index is 8.52. The number of hydrogen-bond donors (Lipinski definition) is 0. The summed E-state index contributed by atoms with van der Waals surface area (Å²) in [5.74, 6) is 0. The van der Waals surface area contributed by atoms with E-state index in [0.717, 1.165) is 0 Å². The molecule has 0 saturated heterocycles. The van der Waals surface area contributed by atoms with Crippen molar-refractivity contribution in [2.45, 2.75) is 0 Å². The fraction of sp³-hybridized carbons (Fsp3) is 0. The quantitative estimate of drug-likeness (QED) is 0.322. The molecular formula is CrO5S. The molecule has 0 saturated carbocycles. The van der Waals surface area contributed by atoms with Crippen LogP contribution in [0.4, 0.5) is 0 Å². The Morgan fingerprint density at radius 3 is 1.14 bits per heavy atom. The summed E-state index contributed by atoms with van der Waals surface area (Å²) in [6.45, 7) is 0. The molecule has 7 heavy (non-hydrogen) atoms. The van der Waals surface area contributed by atoms with Crippen LogP contribution in [0, 0.1) is 0 Å². The van der Waals surface area contributed by atoms with E-state index in [9.17, 15) is 0 Å². The molecule has 0 aliphatic heterocycles. The molecule has 7 heteroatoms. The summed E-state index contributed by atoms with van der Waals surface area (Å²) in [5.41, 5.74) is 0. The van der Waals surface area contributed by atoms with Crippen molar-refractivity contribution in [3.8, 4) is 0 Å². The Morgan fingerprint density at radius 1 is 1.14 bits per heavy atom. The van der Waals surface area contributed by atoms with Crippen LogP contribution in [0.5, 0.6) is 0 Å². The molecule has 0 atom stereocenters. The first-order valence-corrected chi connectivity index (χ1v) is 2.00. The molecule has 0 unspecified atom stereocenters. The third kappa shape index (κ3) is 922. The summed E-state index contributed by atoms with van der Waals surface area (Å²) >= 11 is 0. The van der Waals surface area contributed by atoms with Gasteiger partial charge in [-0.1, -0.05) is 0 Å². The van der Waals surface area contributed by atoms with Gasteiger partial charge < -0.3 is 14.6 Å². The summed E-state index contributed by atoms with van der Waals surface area (Å²) in [4.78, 5) is 0. The third-order valence-electron chi connectivity index (χ3n) is 0. The molecule has 0 heterocycles. The summed E-state index contributed by atoms with van der Waals surface area (Å²) in [6, 6.07) is 0. The molecule has 0 fully saturated rings. The SMILES string of the molecule is O=S(=O)([O-])[O-].[Cr+4].[O-2]. The Balaban J connectivity index is -0.0000000800. The van der Waals surface area contributed by atoms with Crippen molar-refractivity contribution in [1.29, 1.82) is 0 Å². The second-order valence-electron chi connectivity index (χ2n) is 0.408. The molecule has 0 aliphatic carbocycles. The largest absolute Gasteiger partial charge is 4.00 e. The normalized spacial score (nSPS) is 8.29. The van der Waals surface area contributed by atoms with E-state index in [1.165, 1.54) is 0 Å². The first kappa shape index (κ1) is 15.7. The van der Waals surface area contributed by atoms with Gasteiger partial charge in [0, 0.05) is 10.4 Å². The molecule has 0 N–H and O–H groups in total. The zero-order valence-electron chi connectivity index (χ0n) is 2.86. The summed E-state index contributed by atoms with van der Waals surface area (Å²) < 4.78 is 34.1. The van der Waals surface area contributed by atoms with Crippen molar-refractivity contribution >= 4 is 10.4 Å². The van der Waals surface area contributed by atoms with Gasteiger partial charge in [0.2, 0.25) is 0 Å². The van der Waals surface area contributed by atoms with Crippen LogP contribution in [-0.4, -0.2) is 17.5 Å². The van der Waals surface area contributed by atoms with Gasteiger partial charge in [0.15, 0.2) is 0 Å². The average molecular weight is 164 g/mol. The topological polar surface area (TPSA) is 109 Å². The van der Waals surface area contributed by atoms with Gasteiger partial charge in [-0.05, 0) is 0 Å². The Morgan fingerprint density at radius 2 is 1.14 bits per heavy atom. The van der Waals surface area contributed by atoms with E-state index in [1.807, 2.05) is 0 Å². The van der Waals surface area contributed by atoms with E-state index in [1.54, 1.807) is 0 Å². The van der Waals surface area contributed by atoms with Gasteiger partial charge >= 0.3 is 17.4 Å². The standard InChI is InChI=1S/Cr.H2O4S.O/c;1-5(2,3)4;/h;(H2,1,2,3,4);/q+4;;-2/p-2. The Labute approximate surface area is 51.4 Å². The van der Waals surface area contributed by atoms with Crippen molar-refractivity contribution in [3.05, 3.63) is 0 Å². The van der Waals surface area contributed by atoms with Crippen LogP contribution >= 0.6 is 0 Å². The molecule has 0 bridgehead atoms. The Bertz CT molecular complexity index is 91.2. The second-order valence-corrected chi connectivity index (χ2v) is 1.22. The minimum absolute atomic E-state index is 0. The van der Waals surface area contributed by atoms with Crippen LogP contribution in [0.3, 0.4) is 0 Å². The van der Waals surface area contributed by atoms with Crippen LogP contribution in [0.25, 0.3) is 0 Å². The van der Waals surface area contributed by atoms with Gasteiger partial charge in [-0.2, -0.15) is 0 Å². The molecule has 0 radical (unpaired) electrons. The minimum Gasteiger partial charge on any atom is -2.00 e. The predicted molar refractivity (Wildman–Crippen MR) is 11.2 cm³/mol. The first-order chi connectivity index (χ1) is 2.00. The Hall–Kier alpha value is 0.362. The molecule has 0 aliphatic rings. The Kier molecular flexibility index (Phi) is 10.1. The van der Waals surface area contributed by atoms with Crippen LogP contribution < -0.4 is 0 Å². The molecule has 0 aromatic carbocycles. The summed E-state index contributed by atoms with van der Waals surface area (Å²) in [6.07, 6.45) is 0. The van der Waals surface area contributed by atoms with Gasteiger partial charge in [0.1, 0.15) is 0 Å². The van der Waals surface area contributed by atoms with E-state index in [0.29, 0.717) is 0 Å². The molecule has 0 amide bonds. The smallest absolute Gasteiger partial charge is 2.00 e. The summed E-state index contributed by atoms with van der Waals surface area (Å²) in [7, 11) is -5.17. The maximum Gasteiger partial charge on any atom is 4.00 e. The molecule has 0 aromatic heterocycles. The molecule has 5 nitrogen and oxygen atoms in total. The fourth-order valence-electron chi connectivity index (χ4n) is 0. The van der Waals surface area contributed by atoms with Crippen molar-refractivity contribution in [2.24, 2.45) is 0 Å². The first-order valence-electron chi connectivity index (χ1n) is 0.667. The van der Waals surface area contributed by atoms with Crippen LogP contribution in [0.2, 0.25) is 0 Å². The zero-order chi connectivity index (χ0) is 4.50. The van der Waals surface area contributed by atoms with Crippen LogP contribution in [0.1, 0.15) is 0 Å². The van der Waals surface area contributed by atoms with E-state index < -0.39 is 10.4 Å². The monoisotopic (exact) mass is 164 g/mol. The average Bonchev–Trinajstić information content (AvgIpc) is 0.722. The zero-order valence-corrected chi connectivity index (χ0v) is 4.95. The third-order valence-corrected chi connectivity index (χ3v) is 0. The second kappa shape index (κ2) is 4.52. The van der Waals surface area contributed by atoms with Crippen LogP contribution in [0.15, 0.2) is 0 Å². The predicted octanol–water partition coefficient (Wildman–Crippen LogP) is -1.46. The van der Waals surface area contributed by atoms with E-state index in [4.69, 9.17) is 17.5 Å². The van der Waals surface area contributed by atoms with E-state index >= 15 is 0 Å². The molecular weight excluding hydrogens is 164 g/mol. The molecule has 0 rings (SSSR count). The van der Waals surface area contributed by atoms with E-state index in [-0.39, 0.29) is 22.8 Å².